The first kappa shape index (κ1) is 18.6. The van der Waals surface area contributed by atoms with Crippen molar-refractivity contribution in [2.24, 2.45) is 0 Å². The lowest BCUT2D eigenvalue weighted by atomic mass is 10.2. The third kappa shape index (κ3) is 4.31. The van der Waals surface area contributed by atoms with E-state index in [1.54, 1.807) is 11.6 Å². The normalized spacial score (nSPS) is 18.8. The largest absolute Gasteiger partial charge is 0.367 e. The van der Waals surface area contributed by atoms with Crippen LogP contribution in [-0.2, 0) is 26.0 Å². The molecule has 0 aliphatic carbocycles. The Balaban J connectivity index is 1.60. The topological polar surface area (TPSA) is 90.3 Å². The highest BCUT2D eigenvalue weighted by Gasteiger charge is 2.31. The summed E-state index contributed by atoms with van der Waals surface area (Å²) in [5, 5.41) is 7.27. The third-order valence-corrected chi connectivity index (χ3v) is 6.24. The second-order valence-corrected chi connectivity index (χ2v) is 8.80. The van der Waals surface area contributed by atoms with E-state index in [0.717, 1.165) is 11.3 Å². The molecule has 3 rings (SSSR count). The van der Waals surface area contributed by atoms with E-state index in [9.17, 15) is 13.2 Å². The van der Waals surface area contributed by atoms with Crippen LogP contribution in [0.2, 0.25) is 0 Å². The standard InChI is InChI=1S/C18H23N3O4S/c1-13-18(14(2)21(20-13)16-8-9-26(23,24)12-16)19-17(22)11-25-10-15-6-4-3-5-7-15/h3-7,16H,8-12H2,1-2H3,(H,19,22). The van der Waals surface area contributed by atoms with E-state index in [2.05, 4.69) is 10.4 Å². The summed E-state index contributed by atoms with van der Waals surface area (Å²) in [4.78, 5) is 12.2. The second-order valence-electron chi connectivity index (χ2n) is 6.57. The van der Waals surface area contributed by atoms with Gasteiger partial charge in [-0.2, -0.15) is 5.10 Å². The van der Waals surface area contributed by atoms with Crippen molar-refractivity contribution in [1.82, 2.24) is 9.78 Å². The van der Waals surface area contributed by atoms with E-state index in [1.807, 2.05) is 37.3 Å². The number of hydrogen-bond donors (Lipinski definition) is 1. The molecule has 8 heteroatoms. The molecule has 0 spiro atoms. The van der Waals surface area contributed by atoms with Crippen molar-refractivity contribution in [3.8, 4) is 0 Å². The fourth-order valence-electron chi connectivity index (χ4n) is 3.18. The van der Waals surface area contributed by atoms with Gasteiger partial charge in [0.15, 0.2) is 9.84 Å². The van der Waals surface area contributed by atoms with Crippen molar-refractivity contribution in [3.63, 3.8) is 0 Å². The summed E-state index contributed by atoms with van der Waals surface area (Å²) in [5.74, 6) is 0.0267. The molecule has 1 fully saturated rings. The maximum Gasteiger partial charge on any atom is 0.250 e. The van der Waals surface area contributed by atoms with Gasteiger partial charge in [-0.1, -0.05) is 30.3 Å². The molecule has 1 aromatic carbocycles. The Bertz CT molecular complexity index is 891. The number of ether oxygens (including phenoxy) is 1. The quantitative estimate of drug-likeness (QED) is 0.832. The van der Waals surface area contributed by atoms with Crippen LogP contribution < -0.4 is 5.32 Å². The first-order valence-electron chi connectivity index (χ1n) is 8.53. The summed E-state index contributed by atoms with van der Waals surface area (Å²) in [5.41, 5.74) is 3.06. The first-order valence-corrected chi connectivity index (χ1v) is 10.4. The molecule has 0 radical (unpaired) electrons. The van der Waals surface area contributed by atoms with Crippen LogP contribution in [0.1, 0.15) is 29.4 Å². The maximum absolute atomic E-state index is 12.2. The van der Waals surface area contributed by atoms with Crippen LogP contribution >= 0.6 is 0 Å². The van der Waals surface area contributed by atoms with E-state index in [0.29, 0.717) is 24.4 Å². The van der Waals surface area contributed by atoms with Crippen molar-refractivity contribution in [3.05, 3.63) is 47.3 Å². The minimum absolute atomic E-state index is 0.0588. The summed E-state index contributed by atoms with van der Waals surface area (Å²) >= 11 is 0. The van der Waals surface area contributed by atoms with E-state index in [-0.39, 0.29) is 30.1 Å². The third-order valence-electron chi connectivity index (χ3n) is 4.49. The van der Waals surface area contributed by atoms with Crippen molar-refractivity contribution < 1.29 is 17.9 Å². The van der Waals surface area contributed by atoms with Crippen LogP contribution in [0.3, 0.4) is 0 Å². The van der Waals surface area contributed by atoms with Gasteiger partial charge in [0.25, 0.3) is 0 Å². The highest BCUT2D eigenvalue weighted by molar-refractivity contribution is 7.91. The lowest BCUT2D eigenvalue weighted by molar-refractivity contribution is -0.121. The number of anilines is 1. The lowest BCUT2D eigenvalue weighted by Gasteiger charge is -2.12. The fourth-order valence-corrected chi connectivity index (χ4v) is 4.87. The molecule has 1 N–H and O–H groups in total. The molecule has 1 aliphatic heterocycles. The number of nitrogens with one attached hydrogen (secondary N) is 1. The molecule has 0 saturated carbocycles. The Hall–Kier alpha value is -2.19. The Morgan fingerprint density at radius 1 is 1.31 bits per heavy atom. The Morgan fingerprint density at radius 3 is 2.69 bits per heavy atom. The van der Waals surface area contributed by atoms with E-state index < -0.39 is 9.84 Å². The van der Waals surface area contributed by atoms with Gasteiger partial charge in [0.2, 0.25) is 5.91 Å². The highest BCUT2D eigenvalue weighted by atomic mass is 32.2. The number of aryl methyl sites for hydroxylation is 1. The Kier molecular flexibility index (Phi) is 5.43. The molecule has 26 heavy (non-hydrogen) atoms. The number of sulfone groups is 1. The average molecular weight is 377 g/mol. The molecule has 1 aromatic heterocycles. The van der Waals surface area contributed by atoms with Crippen molar-refractivity contribution in [2.45, 2.75) is 32.9 Å². The molecule has 2 heterocycles. The number of hydrogen-bond acceptors (Lipinski definition) is 5. The van der Waals surface area contributed by atoms with Gasteiger partial charge in [0.1, 0.15) is 6.61 Å². The predicted octanol–water partition coefficient (Wildman–Crippen LogP) is 2.01. The summed E-state index contributed by atoms with van der Waals surface area (Å²) in [6.45, 7) is 3.95. The van der Waals surface area contributed by atoms with Crippen LogP contribution in [-0.4, -0.2) is 42.2 Å². The number of benzene rings is 1. The molecule has 0 bridgehead atoms. The minimum atomic E-state index is -2.99. The maximum atomic E-state index is 12.2. The van der Waals surface area contributed by atoms with Crippen LogP contribution in [0.4, 0.5) is 5.69 Å². The molecule has 2 aromatic rings. The summed E-state index contributed by atoms with van der Waals surface area (Å²) in [6, 6.07) is 9.47. The van der Waals surface area contributed by atoms with Gasteiger partial charge in [-0.15, -0.1) is 0 Å². The molecule has 1 amide bonds. The molecule has 7 nitrogen and oxygen atoms in total. The average Bonchev–Trinajstić information content (AvgIpc) is 3.09. The zero-order valence-electron chi connectivity index (χ0n) is 14.9. The Morgan fingerprint density at radius 2 is 2.04 bits per heavy atom. The summed E-state index contributed by atoms with van der Waals surface area (Å²) in [7, 11) is -2.99. The molecular weight excluding hydrogens is 354 g/mol. The zero-order valence-corrected chi connectivity index (χ0v) is 15.8. The first-order chi connectivity index (χ1) is 12.4. The molecule has 1 atom stereocenters. The highest BCUT2D eigenvalue weighted by Crippen LogP contribution is 2.29. The number of aromatic nitrogens is 2. The monoisotopic (exact) mass is 377 g/mol. The van der Waals surface area contributed by atoms with Gasteiger partial charge < -0.3 is 10.1 Å². The van der Waals surface area contributed by atoms with Gasteiger partial charge in [-0.25, -0.2) is 8.42 Å². The zero-order chi connectivity index (χ0) is 18.7. The summed E-state index contributed by atoms with van der Waals surface area (Å²) in [6.07, 6.45) is 0.553. The number of carbonyl (C=O) groups is 1. The van der Waals surface area contributed by atoms with E-state index in [1.165, 1.54) is 0 Å². The molecule has 1 saturated heterocycles. The predicted molar refractivity (Wildman–Crippen MR) is 98.7 cm³/mol. The van der Waals surface area contributed by atoms with Crippen LogP contribution in [0.15, 0.2) is 30.3 Å². The summed E-state index contributed by atoms with van der Waals surface area (Å²) < 4.78 is 30.6. The SMILES string of the molecule is Cc1nn(C2CCS(=O)(=O)C2)c(C)c1NC(=O)COCc1ccccc1. The van der Waals surface area contributed by atoms with Crippen molar-refractivity contribution in [1.29, 1.82) is 0 Å². The van der Waals surface area contributed by atoms with Gasteiger partial charge in [-0.05, 0) is 25.8 Å². The number of amides is 1. The van der Waals surface area contributed by atoms with Gasteiger partial charge in [0, 0.05) is 0 Å². The van der Waals surface area contributed by atoms with Crippen LogP contribution in [0.25, 0.3) is 0 Å². The van der Waals surface area contributed by atoms with Gasteiger partial charge >= 0.3 is 0 Å². The van der Waals surface area contributed by atoms with Gasteiger partial charge in [0.05, 0.1) is 41.2 Å². The molecule has 1 aliphatic rings. The molecule has 1 unspecified atom stereocenters. The van der Waals surface area contributed by atoms with Crippen LogP contribution in [0, 0.1) is 13.8 Å². The van der Waals surface area contributed by atoms with Gasteiger partial charge in [-0.3, -0.25) is 9.48 Å². The van der Waals surface area contributed by atoms with E-state index in [4.69, 9.17) is 4.74 Å². The molecular formula is C18H23N3O4S. The van der Waals surface area contributed by atoms with Crippen molar-refractivity contribution >= 4 is 21.4 Å². The fraction of sp³-hybridized carbons (Fsp3) is 0.444. The smallest absolute Gasteiger partial charge is 0.250 e. The second kappa shape index (κ2) is 7.59. The number of nitrogens with zero attached hydrogens (tertiary/aromatic N) is 2. The van der Waals surface area contributed by atoms with Crippen LogP contribution in [0.5, 0.6) is 0 Å². The number of carbonyl (C=O) groups excluding carboxylic acids is 1. The van der Waals surface area contributed by atoms with E-state index >= 15 is 0 Å². The molecule has 140 valence electrons. The Labute approximate surface area is 153 Å². The lowest BCUT2D eigenvalue weighted by Crippen LogP contribution is -2.19. The minimum Gasteiger partial charge on any atom is -0.367 e. The number of rotatable bonds is 6. The van der Waals surface area contributed by atoms with Crippen molar-refractivity contribution in [2.75, 3.05) is 23.4 Å².